The molecule has 2 heterocycles. The third-order valence-electron chi connectivity index (χ3n) is 5.11. The zero-order chi connectivity index (χ0) is 20.7. The fraction of sp³-hybridized carbons (Fsp3) is 0.174. The molecule has 1 fully saturated rings. The molecule has 5 nitrogen and oxygen atoms in total. The van der Waals surface area contributed by atoms with E-state index in [9.17, 15) is 14.7 Å². The van der Waals surface area contributed by atoms with E-state index in [0.717, 1.165) is 21.7 Å². The molecule has 1 saturated heterocycles. The van der Waals surface area contributed by atoms with Crippen LogP contribution in [0.25, 0.3) is 5.76 Å². The van der Waals surface area contributed by atoms with E-state index < -0.39 is 17.7 Å². The highest BCUT2D eigenvalue weighted by Gasteiger charge is 2.48. The van der Waals surface area contributed by atoms with Gasteiger partial charge < -0.3 is 5.11 Å². The number of Topliss-reactive ketones (excluding diaryl/α,β-unsaturated/α-hetero) is 1. The molecular weight excluding hydrogens is 384 g/mol. The standard InChI is InChI=1S/C23H20N2O3S/c1-13-9-11-17(12-10-13)20(26)18-19(16-7-5-4-6-8-16)25(22(28)21(18)27)23-24-14(2)15(3)29-23/h4-12,19,26H,1-3H3/t19-/m0/s1. The molecule has 1 aliphatic rings. The average molecular weight is 404 g/mol. The Morgan fingerprint density at radius 3 is 2.24 bits per heavy atom. The number of carbonyl (C=O) groups excluding carboxylic acids is 2. The van der Waals surface area contributed by atoms with Crippen LogP contribution in [0.1, 0.15) is 33.3 Å². The second-order valence-corrected chi connectivity index (χ2v) is 8.27. The molecule has 4 rings (SSSR count). The molecule has 146 valence electrons. The van der Waals surface area contributed by atoms with Crippen molar-refractivity contribution in [2.24, 2.45) is 0 Å². The lowest BCUT2D eigenvalue weighted by atomic mass is 9.95. The molecule has 1 amide bonds. The molecule has 1 aliphatic heterocycles. The minimum Gasteiger partial charge on any atom is -0.507 e. The van der Waals surface area contributed by atoms with E-state index in [1.54, 1.807) is 12.1 Å². The van der Waals surface area contributed by atoms with E-state index in [2.05, 4.69) is 4.98 Å². The van der Waals surface area contributed by atoms with Gasteiger partial charge in [0.25, 0.3) is 5.78 Å². The van der Waals surface area contributed by atoms with Crippen molar-refractivity contribution >= 4 is 33.9 Å². The molecule has 0 spiro atoms. The smallest absolute Gasteiger partial charge is 0.301 e. The van der Waals surface area contributed by atoms with E-state index >= 15 is 0 Å². The molecule has 29 heavy (non-hydrogen) atoms. The topological polar surface area (TPSA) is 70.5 Å². The second kappa shape index (κ2) is 7.29. The molecule has 0 unspecified atom stereocenters. The summed E-state index contributed by atoms with van der Waals surface area (Å²) in [7, 11) is 0. The van der Waals surface area contributed by atoms with Crippen LogP contribution in [0, 0.1) is 20.8 Å². The third-order valence-corrected chi connectivity index (χ3v) is 6.18. The van der Waals surface area contributed by atoms with E-state index in [1.165, 1.54) is 16.2 Å². The van der Waals surface area contributed by atoms with E-state index in [4.69, 9.17) is 0 Å². The first-order chi connectivity index (χ1) is 13.9. The van der Waals surface area contributed by atoms with Crippen LogP contribution in [0.2, 0.25) is 0 Å². The summed E-state index contributed by atoms with van der Waals surface area (Å²) in [5, 5.41) is 11.5. The fourth-order valence-electron chi connectivity index (χ4n) is 3.41. The number of aliphatic hydroxyl groups is 1. The number of carbonyl (C=O) groups is 2. The monoisotopic (exact) mass is 404 g/mol. The number of anilines is 1. The number of hydrogen-bond acceptors (Lipinski definition) is 5. The van der Waals surface area contributed by atoms with Gasteiger partial charge in [0.05, 0.1) is 17.3 Å². The van der Waals surface area contributed by atoms with Crippen LogP contribution in [0.3, 0.4) is 0 Å². The normalized spacial score (nSPS) is 18.4. The maximum atomic E-state index is 13.0. The maximum absolute atomic E-state index is 13.0. The minimum absolute atomic E-state index is 0.0792. The van der Waals surface area contributed by atoms with Gasteiger partial charge >= 0.3 is 5.91 Å². The van der Waals surface area contributed by atoms with Crippen molar-refractivity contribution in [1.82, 2.24) is 4.98 Å². The summed E-state index contributed by atoms with van der Waals surface area (Å²) in [5.41, 5.74) is 3.18. The quantitative estimate of drug-likeness (QED) is 0.390. The summed E-state index contributed by atoms with van der Waals surface area (Å²) < 4.78 is 0. The Bertz CT molecular complexity index is 1110. The molecule has 2 aromatic carbocycles. The molecular formula is C23H20N2O3S. The number of aliphatic hydroxyl groups excluding tert-OH is 1. The second-order valence-electron chi connectivity index (χ2n) is 7.08. The number of rotatable bonds is 3. The summed E-state index contributed by atoms with van der Waals surface area (Å²) in [5.74, 6) is -1.56. The molecule has 0 saturated carbocycles. The van der Waals surface area contributed by atoms with Gasteiger partial charge in [-0.15, -0.1) is 11.3 Å². The summed E-state index contributed by atoms with van der Waals surface area (Å²) in [4.78, 5) is 32.9. The number of nitrogens with zero attached hydrogens (tertiary/aromatic N) is 2. The van der Waals surface area contributed by atoms with Crippen molar-refractivity contribution in [3.05, 3.63) is 87.4 Å². The molecule has 0 bridgehead atoms. The van der Waals surface area contributed by atoms with Gasteiger partial charge in [-0.1, -0.05) is 60.2 Å². The van der Waals surface area contributed by atoms with Crippen LogP contribution >= 0.6 is 11.3 Å². The van der Waals surface area contributed by atoms with Gasteiger partial charge in [0.1, 0.15) is 5.76 Å². The van der Waals surface area contributed by atoms with Crippen molar-refractivity contribution in [3.8, 4) is 0 Å². The zero-order valence-electron chi connectivity index (χ0n) is 16.3. The van der Waals surface area contributed by atoms with Gasteiger partial charge in [-0.3, -0.25) is 14.5 Å². The van der Waals surface area contributed by atoms with Crippen LogP contribution in [0.5, 0.6) is 0 Å². The zero-order valence-corrected chi connectivity index (χ0v) is 17.2. The summed E-state index contributed by atoms with van der Waals surface area (Å²) in [6.45, 7) is 5.74. The van der Waals surface area contributed by atoms with Crippen molar-refractivity contribution in [2.45, 2.75) is 26.8 Å². The highest BCUT2D eigenvalue weighted by Crippen LogP contribution is 2.43. The predicted molar refractivity (Wildman–Crippen MR) is 114 cm³/mol. The summed E-state index contributed by atoms with van der Waals surface area (Å²) in [6, 6.07) is 15.7. The molecule has 3 aromatic rings. The van der Waals surface area contributed by atoms with Gasteiger partial charge in [-0.2, -0.15) is 0 Å². The lowest BCUT2D eigenvalue weighted by molar-refractivity contribution is -0.132. The first-order valence-electron chi connectivity index (χ1n) is 9.25. The summed E-state index contributed by atoms with van der Waals surface area (Å²) in [6.07, 6.45) is 0. The lowest BCUT2D eigenvalue weighted by Gasteiger charge is -2.23. The Kier molecular flexibility index (Phi) is 4.80. The largest absolute Gasteiger partial charge is 0.507 e. The number of amides is 1. The lowest BCUT2D eigenvalue weighted by Crippen LogP contribution is -2.29. The van der Waals surface area contributed by atoms with Crippen LogP contribution in [0.15, 0.2) is 60.2 Å². The van der Waals surface area contributed by atoms with Gasteiger partial charge in [0.15, 0.2) is 5.13 Å². The molecule has 1 aromatic heterocycles. The third kappa shape index (κ3) is 3.25. The van der Waals surface area contributed by atoms with Gasteiger partial charge in [0, 0.05) is 10.4 Å². The number of ketones is 1. The molecule has 0 aliphatic carbocycles. The molecule has 1 N–H and O–H groups in total. The predicted octanol–water partition coefficient (Wildman–Crippen LogP) is 4.69. The highest BCUT2D eigenvalue weighted by molar-refractivity contribution is 7.16. The minimum atomic E-state index is -0.734. The fourth-order valence-corrected chi connectivity index (χ4v) is 4.34. The molecule has 6 heteroatoms. The van der Waals surface area contributed by atoms with E-state index in [-0.39, 0.29) is 11.3 Å². The number of thiazole rings is 1. The van der Waals surface area contributed by atoms with Crippen molar-refractivity contribution in [2.75, 3.05) is 4.90 Å². The van der Waals surface area contributed by atoms with Crippen molar-refractivity contribution < 1.29 is 14.7 Å². The van der Waals surface area contributed by atoms with Crippen LogP contribution < -0.4 is 4.90 Å². The Balaban J connectivity index is 1.94. The van der Waals surface area contributed by atoms with Crippen molar-refractivity contribution in [1.29, 1.82) is 0 Å². The Morgan fingerprint density at radius 1 is 1.00 bits per heavy atom. The van der Waals surface area contributed by atoms with Crippen LogP contribution in [-0.2, 0) is 9.59 Å². The maximum Gasteiger partial charge on any atom is 0.301 e. The average Bonchev–Trinajstić information content (AvgIpc) is 3.18. The Morgan fingerprint density at radius 2 is 1.66 bits per heavy atom. The van der Waals surface area contributed by atoms with Crippen LogP contribution in [0.4, 0.5) is 5.13 Å². The van der Waals surface area contributed by atoms with Crippen LogP contribution in [-0.4, -0.2) is 21.8 Å². The summed E-state index contributed by atoms with van der Waals surface area (Å²) >= 11 is 1.36. The van der Waals surface area contributed by atoms with Gasteiger partial charge in [-0.05, 0) is 26.3 Å². The number of aryl methyl sites for hydroxylation is 3. The number of benzene rings is 2. The number of hydrogen-bond donors (Lipinski definition) is 1. The van der Waals surface area contributed by atoms with E-state index in [1.807, 2.05) is 63.2 Å². The molecule has 0 radical (unpaired) electrons. The SMILES string of the molecule is Cc1ccc(C(O)=C2C(=O)C(=O)N(c3nc(C)c(C)s3)[C@H]2c2ccccc2)cc1. The Labute approximate surface area is 173 Å². The van der Waals surface area contributed by atoms with Gasteiger partial charge in [0.2, 0.25) is 0 Å². The van der Waals surface area contributed by atoms with E-state index in [0.29, 0.717) is 10.7 Å². The Hall–Kier alpha value is -3.25. The first-order valence-corrected chi connectivity index (χ1v) is 10.1. The highest BCUT2D eigenvalue weighted by atomic mass is 32.1. The first kappa shape index (κ1) is 19.1. The van der Waals surface area contributed by atoms with Crippen molar-refractivity contribution in [3.63, 3.8) is 0 Å². The molecule has 1 atom stereocenters. The number of aromatic nitrogens is 1. The van der Waals surface area contributed by atoms with Gasteiger partial charge in [-0.25, -0.2) is 4.98 Å².